The zero-order valence-electron chi connectivity index (χ0n) is 9.18. The lowest BCUT2D eigenvalue weighted by Gasteiger charge is -1.81. The summed E-state index contributed by atoms with van der Waals surface area (Å²) >= 11 is 0. The van der Waals surface area contributed by atoms with Crippen molar-refractivity contribution in [2.45, 2.75) is 20.3 Å². The number of amides is 1. The highest BCUT2D eigenvalue weighted by Gasteiger charge is 1.86. The predicted molar refractivity (Wildman–Crippen MR) is 58.3 cm³/mol. The van der Waals surface area contributed by atoms with Crippen LogP contribution in [0.4, 0.5) is 0 Å². The predicted octanol–water partition coefficient (Wildman–Crippen LogP) is 0.239. The zero-order valence-corrected chi connectivity index (χ0v) is 9.18. The van der Waals surface area contributed by atoms with Crippen molar-refractivity contribution in [3.63, 3.8) is 0 Å². The van der Waals surface area contributed by atoms with Crippen LogP contribution in [0.1, 0.15) is 20.3 Å². The minimum atomic E-state index is -0.435. The molecular formula is C9H23N3O. The second-order valence-electron chi connectivity index (χ2n) is 2.43. The highest BCUT2D eigenvalue weighted by molar-refractivity contribution is 5.90. The number of nitrogens with two attached hydrogens (primary N) is 2. The standard InChI is InChI=1S/C4H7NO.C3H9N.C2H7N/c1-3(2)4(5)6;1-2-3-4;1-3-2/h1H2,2H3,(H2,5,6);2-4H2,1H3;3H,1-2H3. The number of rotatable bonds is 2. The van der Waals surface area contributed by atoms with Gasteiger partial charge in [0.15, 0.2) is 0 Å². The van der Waals surface area contributed by atoms with Crippen LogP contribution in [0.3, 0.4) is 0 Å². The third-order valence-corrected chi connectivity index (χ3v) is 0.709. The maximum Gasteiger partial charge on any atom is 0.243 e. The van der Waals surface area contributed by atoms with Crippen molar-refractivity contribution in [1.29, 1.82) is 0 Å². The Kier molecular flexibility index (Phi) is 24.0. The molecule has 1 amide bonds. The fourth-order valence-corrected chi connectivity index (χ4v) is 0. The van der Waals surface area contributed by atoms with Gasteiger partial charge in [-0.2, -0.15) is 0 Å². The lowest BCUT2D eigenvalue weighted by molar-refractivity contribution is -0.114. The summed E-state index contributed by atoms with van der Waals surface area (Å²) in [6.45, 7) is 7.73. The highest BCUT2D eigenvalue weighted by atomic mass is 16.1. The molecule has 0 aromatic heterocycles. The van der Waals surface area contributed by atoms with E-state index in [0.717, 1.165) is 13.0 Å². The van der Waals surface area contributed by atoms with Gasteiger partial charge in [-0.1, -0.05) is 13.5 Å². The largest absolute Gasteiger partial charge is 0.366 e. The Hall–Kier alpha value is -0.870. The molecule has 13 heavy (non-hydrogen) atoms. The zero-order chi connectivity index (χ0) is 11.3. The third-order valence-electron chi connectivity index (χ3n) is 0.709. The van der Waals surface area contributed by atoms with Crippen LogP contribution >= 0.6 is 0 Å². The molecule has 0 saturated heterocycles. The number of nitrogens with one attached hydrogen (secondary N) is 1. The Morgan fingerprint density at radius 1 is 1.46 bits per heavy atom. The van der Waals surface area contributed by atoms with E-state index in [1.807, 2.05) is 14.1 Å². The van der Waals surface area contributed by atoms with Gasteiger partial charge in [0, 0.05) is 5.57 Å². The number of carbonyl (C=O) groups excluding carboxylic acids is 1. The molecule has 0 aliphatic rings. The third kappa shape index (κ3) is 54.4. The van der Waals surface area contributed by atoms with Gasteiger partial charge in [0.2, 0.25) is 5.91 Å². The van der Waals surface area contributed by atoms with Crippen LogP contribution in [0.2, 0.25) is 0 Å². The fourth-order valence-electron chi connectivity index (χ4n) is 0. The van der Waals surface area contributed by atoms with Crippen molar-refractivity contribution in [2.75, 3.05) is 20.6 Å². The molecule has 0 aromatic rings. The minimum absolute atomic E-state index is 0.398. The van der Waals surface area contributed by atoms with E-state index in [9.17, 15) is 4.79 Å². The number of carbonyl (C=O) groups is 1. The summed E-state index contributed by atoms with van der Waals surface area (Å²) in [5, 5.41) is 2.75. The van der Waals surface area contributed by atoms with E-state index < -0.39 is 5.91 Å². The Morgan fingerprint density at radius 2 is 1.62 bits per heavy atom. The molecule has 0 aliphatic carbocycles. The van der Waals surface area contributed by atoms with Gasteiger partial charge in [-0.3, -0.25) is 4.79 Å². The lowest BCUT2D eigenvalue weighted by atomic mass is 10.3. The van der Waals surface area contributed by atoms with E-state index >= 15 is 0 Å². The van der Waals surface area contributed by atoms with Gasteiger partial charge < -0.3 is 16.8 Å². The first-order chi connectivity index (χ1) is 5.97. The molecule has 0 bridgehead atoms. The van der Waals surface area contributed by atoms with Gasteiger partial charge in [-0.15, -0.1) is 0 Å². The Bertz CT molecular complexity index is 110. The summed E-state index contributed by atoms with van der Waals surface area (Å²) in [7, 11) is 3.75. The molecule has 4 nitrogen and oxygen atoms in total. The van der Waals surface area contributed by atoms with Crippen molar-refractivity contribution in [3.8, 4) is 0 Å². The van der Waals surface area contributed by atoms with Gasteiger partial charge >= 0.3 is 0 Å². The lowest BCUT2D eigenvalue weighted by Crippen LogP contribution is -2.10. The number of hydrogen-bond donors (Lipinski definition) is 3. The van der Waals surface area contributed by atoms with Crippen LogP contribution in [0.25, 0.3) is 0 Å². The SMILES string of the molecule is C=C(C)C(N)=O.CCCN.CNC. The Morgan fingerprint density at radius 3 is 1.62 bits per heavy atom. The van der Waals surface area contributed by atoms with Gasteiger partial charge in [0.05, 0.1) is 0 Å². The Labute approximate surface area is 81.4 Å². The van der Waals surface area contributed by atoms with Gasteiger partial charge in [-0.05, 0) is 34.0 Å². The van der Waals surface area contributed by atoms with Crippen LogP contribution in [0.15, 0.2) is 12.2 Å². The second kappa shape index (κ2) is 17.3. The van der Waals surface area contributed by atoms with Crippen LogP contribution in [-0.4, -0.2) is 26.5 Å². The molecule has 0 radical (unpaired) electrons. The van der Waals surface area contributed by atoms with E-state index in [0.29, 0.717) is 5.57 Å². The van der Waals surface area contributed by atoms with Crippen molar-refractivity contribution in [1.82, 2.24) is 5.32 Å². The van der Waals surface area contributed by atoms with E-state index in [2.05, 4.69) is 18.8 Å². The number of primary amides is 1. The monoisotopic (exact) mass is 189 g/mol. The molecule has 0 aromatic carbocycles. The van der Waals surface area contributed by atoms with E-state index in [1.54, 1.807) is 6.92 Å². The maximum absolute atomic E-state index is 9.82. The van der Waals surface area contributed by atoms with Crippen LogP contribution < -0.4 is 16.8 Å². The molecule has 0 spiro atoms. The first-order valence-electron chi connectivity index (χ1n) is 4.21. The quantitative estimate of drug-likeness (QED) is 0.544. The van der Waals surface area contributed by atoms with Crippen molar-refractivity contribution < 1.29 is 4.79 Å². The summed E-state index contributed by atoms with van der Waals surface area (Å²) in [6, 6.07) is 0. The molecule has 0 aliphatic heterocycles. The first kappa shape index (κ1) is 18.0. The average Bonchev–Trinajstić information content (AvgIpc) is 2.06. The topological polar surface area (TPSA) is 81.1 Å². The van der Waals surface area contributed by atoms with Crippen LogP contribution in [-0.2, 0) is 4.79 Å². The van der Waals surface area contributed by atoms with Crippen LogP contribution in [0.5, 0.6) is 0 Å². The molecular weight excluding hydrogens is 166 g/mol. The highest BCUT2D eigenvalue weighted by Crippen LogP contribution is 1.78. The molecule has 4 heteroatoms. The van der Waals surface area contributed by atoms with Crippen molar-refractivity contribution >= 4 is 5.91 Å². The molecule has 0 rings (SSSR count). The molecule has 5 N–H and O–H groups in total. The molecule has 0 fully saturated rings. The number of hydrogen-bond acceptors (Lipinski definition) is 3. The summed E-state index contributed by atoms with van der Waals surface area (Å²) in [4.78, 5) is 9.82. The summed E-state index contributed by atoms with van der Waals surface area (Å²) in [6.07, 6.45) is 1.10. The van der Waals surface area contributed by atoms with Crippen molar-refractivity contribution in [3.05, 3.63) is 12.2 Å². The summed E-state index contributed by atoms with van der Waals surface area (Å²) in [5.74, 6) is -0.435. The second-order valence-corrected chi connectivity index (χ2v) is 2.43. The average molecular weight is 189 g/mol. The van der Waals surface area contributed by atoms with E-state index in [4.69, 9.17) is 11.5 Å². The molecule has 0 heterocycles. The minimum Gasteiger partial charge on any atom is -0.366 e. The molecule has 0 saturated carbocycles. The smallest absolute Gasteiger partial charge is 0.243 e. The fraction of sp³-hybridized carbons (Fsp3) is 0.667. The summed E-state index contributed by atoms with van der Waals surface area (Å²) < 4.78 is 0. The molecule has 0 unspecified atom stereocenters. The van der Waals surface area contributed by atoms with Gasteiger partial charge in [0.25, 0.3) is 0 Å². The first-order valence-corrected chi connectivity index (χ1v) is 4.21. The normalized spacial score (nSPS) is 7.15. The van der Waals surface area contributed by atoms with E-state index in [1.165, 1.54) is 0 Å². The summed E-state index contributed by atoms with van der Waals surface area (Å²) in [5.41, 5.74) is 10.1. The Balaban J connectivity index is -0.000000125. The van der Waals surface area contributed by atoms with Crippen molar-refractivity contribution in [2.24, 2.45) is 11.5 Å². The maximum atomic E-state index is 9.82. The van der Waals surface area contributed by atoms with Gasteiger partial charge in [0.1, 0.15) is 0 Å². The van der Waals surface area contributed by atoms with E-state index in [-0.39, 0.29) is 0 Å². The molecule has 80 valence electrons. The van der Waals surface area contributed by atoms with Crippen LogP contribution in [0, 0.1) is 0 Å². The van der Waals surface area contributed by atoms with Gasteiger partial charge in [-0.25, -0.2) is 0 Å². The molecule has 0 atom stereocenters.